The van der Waals surface area contributed by atoms with Crippen LogP contribution in [-0.4, -0.2) is 26.9 Å². The highest BCUT2D eigenvalue weighted by Gasteiger charge is 2.33. The van der Waals surface area contributed by atoms with E-state index >= 15 is 0 Å². The number of benzene rings is 1. The highest BCUT2D eigenvalue weighted by molar-refractivity contribution is 5.93. The van der Waals surface area contributed by atoms with E-state index in [4.69, 9.17) is 5.26 Å². The van der Waals surface area contributed by atoms with Crippen molar-refractivity contribution in [3.05, 3.63) is 47.0 Å². The molecule has 7 heteroatoms. The second-order valence-corrected chi connectivity index (χ2v) is 5.73. The second-order valence-electron chi connectivity index (χ2n) is 5.73. The van der Waals surface area contributed by atoms with E-state index in [2.05, 4.69) is 21.7 Å². The average molecular weight is 313 g/mol. The van der Waals surface area contributed by atoms with Crippen LogP contribution in [0.25, 0.3) is 0 Å². The van der Waals surface area contributed by atoms with Crippen molar-refractivity contribution in [3.63, 3.8) is 0 Å². The van der Waals surface area contributed by atoms with Crippen LogP contribution in [0.3, 0.4) is 0 Å². The molecule has 23 heavy (non-hydrogen) atoms. The number of nitrogens with one attached hydrogen (secondary N) is 1. The molecule has 1 heterocycles. The predicted molar refractivity (Wildman–Crippen MR) is 79.9 cm³/mol. The summed E-state index contributed by atoms with van der Waals surface area (Å²) in [5.41, 5.74) is 1.69. The zero-order valence-corrected chi connectivity index (χ0v) is 12.7. The van der Waals surface area contributed by atoms with E-state index in [9.17, 15) is 9.18 Å². The summed E-state index contributed by atoms with van der Waals surface area (Å²) in [6.07, 6.45) is 1.93. The Morgan fingerprint density at radius 1 is 1.48 bits per heavy atom. The number of carbonyl (C=O) groups is 1. The number of nitrogens with zero attached hydrogens (tertiary/aromatic N) is 4. The Labute approximate surface area is 132 Å². The van der Waals surface area contributed by atoms with Crippen molar-refractivity contribution in [2.75, 3.05) is 0 Å². The zero-order valence-electron chi connectivity index (χ0n) is 12.7. The van der Waals surface area contributed by atoms with Crippen LogP contribution < -0.4 is 5.32 Å². The van der Waals surface area contributed by atoms with Gasteiger partial charge in [0.2, 0.25) is 0 Å². The van der Waals surface area contributed by atoms with Gasteiger partial charge < -0.3 is 5.32 Å². The lowest BCUT2D eigenvalue weighted by Gasteiger charge is -2.09. The van der Waals surface area contributed by atoms with Crippen molar-refractivity contribution >= 4 is 5.91 Å². The van der Waals surface area contributed by atoms with Crippen molar-refractivity contribution in [2.24, 2.45) is 5.92 Å². The van der Waals surface area contributed by atoms with Crippen LogP contribution in [0.1, 0.15) is 34.6 Å². The molecule has 0 aliphatic heterocycles. The van der Waals surface area contributed by atoms with Gasteiger partial charge in [-0.25, -0.2) is 9.07 Å². The zero-order chi connectivity index (χ0) is 16.4. The first-order chi connectivity index (χ1) is 11.1. The van der Waals surface area contributed by atoms with Gasteiger partial charge in [-0.05, 0) is 43.4 Å². The van der Waals surface area contributed by atoms with Crippen LogP contribution in [0.5, 0.6) is 0 Å². The van der Waals surface area contributed by atoms with Gasteiger partial charge in [-0.3, -0.25) is 4.79 Å². The Morgan fingerprint density at radius 2 is 2.17 bits per heavy atom. The van der Waals surface area contributed by atoms with Crippen LogP contribution >= 0.6 is 0 Å². The van der Waals surface area contributed by atoms with Crippen molar-refractivity contribution in [1.29, 1.82) is 5.26 Å². The summed E-state index contributed by atoms with van der Waals surface area (Å²) in [4.78, 5) is 12.2. The number of nitriles is 1. The first-order valence-electron chi connectivity index (χ1n) is 7.43. The molecule has 0 bridgehead atoms. The van der Waals surface area contributed by atoms with Gasteiger partial charge in [0.05, 0.1) is 18.3 Å². The van der Waals surface area contributed by atoms with Gasteiger partial charge in [0, 0.05) is 0 Å². The Bertz CT molecular complexity index is 758. The molecule has 0 spiro atoms. The Morgan fingerprint density at radius 3 is 2.78 bits per heavy atom. The molecule has 2 aromatic rings. The lowest BCUT2D eigenvalue weighted by molar-refractivity contribution is 0.0936. The molecule has 1 atom stereocenters. The number of aromatic nitrogens is 3. The van der Waals surface area contributed by atoms with Crippen LogP contribution in [0.2, 0.25) is 0 Å². The van der Waals surface area contributed by atoms with Crippen LogP contribution in [0, 0.1) is 30.0 Å². The molecule has 1 aromatic carbocycles. The molecule has 0 saturated heterocycles. The van der Waals surface area contributed by atoms with Crippen molar-refractivity contribution < 1.29 is 9.18 Å². The maximum atomic E-state index is 12.9. The van der Waals surface area contributed by atoms with Gasteiger partial charge in [-0.2, -0.15) is 5.26 Å². The Balaban J connectivity index is 1.72. The summed E-state index contributed by atoms with van der Waals surface area (Å²) in [6.45, 7) is 2.15. The van der Waals surface area contributed by atoms with E-state index in [1.807, 2.05) is 0 Å². The van der Waals surface area contributed by atoms with Crippen LogP contribution in [0.4, 0.5) is 4.39 Å². The standard InChI is InChI=1S/C16H16FN5O/c1-10-15(16(23)19-14(8-18)12-4-5-12)20-21-22(10)9-11-2-6-13(17)7-3-11/h2-3,6-7,12,14H,4-5,9H2,1H3,(H,19,23). The largest absolute Gasteiger partial charge is 0.335 e. The molecule has 1 aliphatic rings. The minimum atomic E-state index is -0.468. The van der Waals surface area contributed by atoms with Crippen molar-refractivity contribution in [2.45, 2.75) is 32.4 Å². The fraction of sp³-hybridized carbons (Fsp3) is 0.375. The number of rotatable bonds is 5. The van der Waals surface area contributed by atoms with E-state index in [1.54, 1.807) is 23.7 Å². The second kappa shape index (κ2) is 6.16. The monoisotopic (exact) mass is 313 g/mol. The summed E-state index contributed by atoms with van der Waals surface area (Å²) >= 11 is 0. The third-order valence-electron chi connectivity index (χ3n) is 3.96. The van der Waals surface area contributed by atoms with E-state index < -0.39 is 6.04 Å². The van der Waals surface area contributed by atoms with Gasteiger partial charge in [0.1, 0.15) is 11.9 Å². The van der Waals surface area contributed by atoms with Crippen LogP contribution in [0.15, 0.2) is 24.3 Å². The van der Waals surface area contributed by atoms with Gasteiger partial charge in [0.25, 0.3) is 5.91 Å². The predicted octanol–water partition coefficient (Wildman–Crippen LogP) is 1.81. The topological polar surface area (TPSA) is 83.6 Å². The number of amides is 1. The quantitative estimate of drug-likeness (QED) is 0.912. The van der Waals surface area contributed by atoms with Crippen LogP contribution in [-0.2, 0) is 6.54 Å². The first-order valence-corrected chi connectivity index (χ1v) is 7.43. The van der Waals surface area contributed by atoms with E-state index in [1.165, 1.54) is 12.1 Å². The summed E-state index contributed by atoms with van der Waals surface area (Å²) < 4.78 is 14.5. The third-order valence-corrected chi connectivity index (χ3v) is 3.96. The summed E-state index contributed by atoms with van der Waals surface area (Å²) in [7, 11) is 0. The van der Waals surface area contributed by atoms with Gasteiger partial charge in [-0.15, -0.1) is 5.10 Å². The molecule has 1 aliphatic carbocycles. The third kappa shape index (κ3) is 3.37. The highest BCUT2D eigenvalue weighted by Crippen LogP contribution is 2.32. The minimum absolute atomic E-state index is 0.216. The van der Waals surface area contributed by atoms with Crippen molar-refractivity contribution in [3.8, 4) is 6.07 Å². The fourth-order valence-corrected chi connectivity index (χ4v) is 2.38. The Kier molecular flexibility index (Phi) is 4.06. The molecule has 1 saturated carbocycles. The molecule has 6 nitrogen and oxygen atoms in total. The van der Waals surface area contributed by atoms with Gasteiger partial charge in [0.15, 0.2) is 5.69 Å². The molecule has 1 fully saturated rings. The van der Waals surface area contributed by atoms with Gasteiger partial charge >= 0.3 is 0 Å². The van der Waals surface area contributed by atoms with E-state index in [-0.39, 0.29) is 23.3 Å². The number of hydrogen-bond donors (Lipinski definition) is 1. The molecule has 1 aromatic heterocycles. The fourth-order valence-electron chi connectivity index (χ4n) is 2.38. The maximum Gasteiger partial charge on any atom is 0.274 e. The van der Waals surface area contributed by atoms with Gasteiger partial charge in [-0.1, -0.05) is 17.3 Å². The molecule has 3 rings (SSSR count). The highest BCUT2D eigenvalue weighted by atomic mass is 19.1. The average Bonchev–Trinajstić information content (AvgIpc) is 3.32. The lowest BCUT2D eigenvalue weighted by Crippen LogP contribution is -2.35. The summed E-state index contributed by atoms with van der Waals surface area (Å²) in [6, 6.07) is 7.72. The maximum absolute atomic E-state index is 12.9. The number of halogens is 1. The minimum Gasteiger partial charge on any atom is -0.335 e. The number of carbonyl (C=O) groups excluding carboxylic acids is 1. The molecular weight excluding hydrogens is 297 g/mol. The van der Waals surface area contributed by atoms with Crippen molar-refractivity contribution in [1.82, 2.24) is 20.3 Å². The molecule has 0 radical (unpaired) electrons. The molecule has 118 valence electrons. The summed E-state index contributed by atoms with van der Waals surface area (Å²) in [5, 5.41) is 19.7. The van der Waals surface area contributed by atoms with E-state index in [0.29, 0.717) is 12.2 Å². The first kappa shape index (κ1) is 15.2. The molecule has 1 unspecified atom stereocenters. The lowest BCUT2D eigenvalue weighted by atomic mass is 10.2. The van der Waals surface area contributed by atoms with E-state index in [0.717, 1.165) is 18.4 Å². The Hall–Kier alpha value is -2.75. The molecular formula is C16H16FN5O. The molecule has 1 N–H and O–H groups in total. The molecule has 1 amide bonds. The smallest absolute Gasteiger partial charge is 0.274 e. The summed E-state index contributed by atoms with van der Waals surface area (Å²) in [5.74, 6) is -0.434. The number of hydrogen-bond acceptors (Lipinski definition) is 4. The normalized spacial score (nSPS) is 15.0. The SMILES string of the molecule is Cc1c(C(=O)NC(C#N)C2CC2)nnn1Cc1ccc(F)cc1.